The average molecular weight is 398 g/mol. The van der Waals surface area contributed by atoms with Gasteiger partial charge in [-0.25, -0.2) is 17.5 Å². The van der Waals surface area contributed by atoms with Crippen LogP contribution in [0.1, 0.15) is 36.5 Å². The van der Waals surface area contributed by atoms with Gasteiger partial charge in [-0.15, -0.1) is 0 Å². The number of likely N-dealkylation sites (tertiary alicyclic amines) is 1. The van der Waals surface area contributed by atoms with Gasteiger partial charge in [0.1, 0.15) is 10.6 Å². The van der Waals surface area contributed by atoms with Crippen LogP contribution in [0.3, 0.4) is 0 Å². The summed E-state index contributed by atoms with van der Waals surface area (Å²) < 4.78 is 36.1. The summed E-state index contributed by atoms with van der Waals surface area (Å²) in [5.41, 5.74) is 0.0377. The topological polar surface area (TPSA) is 93.2 Å². The second-order valence-electron chi connectivity index (χ2n) is 6.66. The van der Waals surface area contributed by atoms with E-state index in [1.54, 1.807) is 4.90 Å². The Hall–Kier alpha value is -2.13. The fraction of sp³-hybridized carbons (Fsp3) is 0.556. The summed E-state index contributed by atoms with van der Waals surface area (Å²) >= 11 is 0. The first-order valence-electron chi connectivity index (χ1n) is 8.75. The largest absolute Gasteiger partial charge is 0.495 e. The highest BCUT2D eigenvalue weighted by atomic mass is 32.2. The van der Waals surface area contributed by atoms with E-state index in [9.17, 15) is 18.0 Å². The zero-order valence-electron chi connectivity index (χ0n) is 16.1. The fourth-order valence-corrected chi connectivity index (χ4v) is 4.04. The standard InChI is InChI=1S/C18H26N2O6S/c1-13-7-5-6-10-20(13)17(21)12-26-18(22)14-8-9-15(25-4)16(11-14)27(23,24)19(2)3/h8-9,11,13H,5-7,10,12H2,1-4H3/t13-/m1/s1. The summed E-state index contributed by atoms with van der Waals surface area (Å²) in [4.78, 5) is 26.2. The van der Waals surface area contributed by atoms with Crippen molar-refractivity contribution in [1.82, 2.24) is 9.21 Å². The van der Waals surface area contributed by atoms with E-state index in [-0.39, 0.29) is 34.8 Å². The molecule has 8 nitrogen and oxygen atoms in total. The Morgan fingerprint density at radius 1 is 1.26 bits per heavy atom. The third-order valence-corrected chi connectivity index (χ3v) is 6.44. The molecular weight excluding hydrogens is 372 g/mol. The zero-order valence-corrected chi connectivity index (χ0v) is 16.9. The Morgan fingerprint density at radius 2 is 1.96 bits per heavy atom. The van der Waals surface area contributed by atoms with Gasteiger partial charge in [0.2, 0.25) is 10.0 Å². The molecule has 1 heterocycles. The molecule has 0 N–H and O–H groups in total. The van der Waals surface area contributed by atoms with E-state index in [1.807, 2.05) is 6.92 Å². The molecule has 1 aliphatic heterocycles. The number of carbonyl (C=O) groups excluding carboxylic acids is 2. The van der Waals surface area contributed by atoms with Crippen molar-refractivity contribution < 1.29 is 27.5 Å². The van der Waals surface area contributed by atoms with Gasteiger partial charge in [-0.05, 0) is 44.4 Å². The highest BCUT2D eigenvalue weighted by molar-refractivity contribution is 7.89. The van der Waals surface area contributed by atoms with Crippen molar-refractivity contribution in [3.8, 4) is 5.75 Å². The monoisotopic (exact) mass is 398 g/mol. The molecule has 1 aromatic carbocycles. The molecular formula is C18H26N2O6S. The van der Waals surface area contributed by atoms with Crippen LogP contribution in [0.5, 0.6) is 5.75 Å². The predicted molar refractivity (Wildman–Crippen MR) is 99.2 cm³/mol. The summed E-state index contributed by atoms with van der Waals surface area (Å²) in [5.74, 6) is -0.880. The van der Waals surface area contributed by atoms with Crippen molar-refractivity contribution in [2.75, 3.05) is 34.4 Å². The minimum atomic E-state index is -3.81. The summed E-state index contributed by atoms with van der Waals surface area (Å²) in [6.45, 7) is 2.26. The maximum atomic E-state index is 12.4. The van der Waals surface area contributed by atoms with E-state index < -0.39 is 16.0 Å². The molecule has 1 aliphatic rings. The van der Waals surface area contributed by atoms with E-state index >= 15 is 0 Å². The minimum Gasteiger partial charge on any atom is -0.495 e. The number of methoxy groups -OCH3 is 1. The average Bonchev–Trinajstić information content (AvgIpc) is 2.65. The van der Waals surface area contributed by atoms with Crippen LogP contribution in [-0.2, 0) is 19.6 Å². The van der Waals surface area contributed by atoms with Crippen LogP contribution in [0.25, 0.3) is 0 Å². The van der Waals surface area contributed by atoms with Crippen molar-refractivity contribution in [3.63, 3.8) is 0 Å². The van der Waals surface area contributed by atoms with Crippen LogP contribution >= 0.6 is 0 Å². The second kappa shape index (κ2) is 8.71. The van der Waals surface area contributed by atoms with Gasteiger partial charge in [0, 0.05) is 26.7 Å². The Kier molecular flexibility index (Phi) is 6.83. The van der Waals surface area contributed by atoms with Crippen molar-refractivity contribution in [2.45, 2.75) is 37.1 Å². The van der Waals surface area contributed by atoms with Crippen LogP contribution in [0, 0.1) is 0 Å². The molecule has 1 aromatic rings. The lowest BCUT2D eigenvalue weighted by atomic mass is 10.0. The Morgan fingerprint density at radius 3 is 2.56 bits per heavy atom. The summed E-state index contributed by atoms with van der Waals surface area (Å²) in [5, 5.41) is 0. The lowest BCUT2D eigenvalue weighted by Gasteiger charge is -2.33. The highest BCUT2D eigenvalue weighted by Gasteiger charge is 2.26. The van der Waals surface area contributed by atoms with E-state index in [2.05, 4.69) is 0 Å². The van der Waals surface area contributed by atoms with Crippen LogP contribution in [0.4, 0.5) is 0 Å². The summed E-state index contributed by atoms with van der Waals surface area (Å²) in [6, 6.07) is 4.12. The highest BCUT2D eigenvalue weighted by Crippen LogP contribution is 2.27. The molecule has 0 unspecified atom stereocenters. The van der Waals surface area contributed by atoms with Gasteiger partial charge in [0.05, 0.1) is 12.7 Å². The number of hydrogen-bond acceptors (Lipinski definition) is 6. The van der Waals surface area contributed by atoms with Crippen LogP contribution in [0.2, 0.25) is 0 Å². The SMILES string of the molecule is COc1ccc(C(=O)OCC(=O)N2CCCC[C@H]2C)cc1S(=O)(=O)N(C)C. The Labute approximate surface area is 160 Å². The Bertz CT molecular complexity index is 806. The number of benzene rings is 1. The number of piperidine rings is 1. The zero-order chi connectivity index (χ0) is 20.2. The maximum absolute atomic E-state index is 12.4. The molecule has 0 saturated carbocycles. The summed E-state index contributed by atoms with van der Waals surface area (Å²) in [7, 11) is 0.316. The first-order valence-corrected chi connectivity index (χ1v) is 10.2. The van der Waals surface area contributed by atoms with Crippen molar-refractivity contribution in [3.05, 3.63) is 23.8 Å². The summed E-state index contributed by atoms with van der Waals surface area (Å²) in [6.07, 6.45) is 2.96. The first-order chi connectivity index (χ1) is 12.7. The number of sulfonamides is 1. The van der Waals surface area contributed by atoms with E-state index in [0.717, 1.165) is 23.6 Å². The van der Waals surface area contributed by atoms with Crippen LogP contribution in [0.15, 0.2) is 23.1 Å². The normalized spacial score (nSPS) is 17.7. The lowest BCUT2D eigenvalue weighted by molar-refractivity contribution is -0.137. The number of nitrogens with zero attached hydrogens (tertiary/aromatic N) is 2. The first kappa shape index (κ1) is 21.2. The number of amides is 1. The van der Waals surface area contributed by atoms with Crippen molar-refractivity contribution in [1.29, 1.82) is 0 Å². The molecule has 0 aliphatic carbocycles. The molecule has 0 aromatic heterocycles. The fourth-order valence-electron chi connectivity index (χ4n) is 2.96. The lowest BCUT2D eigenvalue weighted by Crippen LogP contribution is -2.44. The molecule has 0 spiro atoms. The number of hydrogen-bond donors (Lipinski definition) is 0. The molecule has 0 radical (unpaired) electrons. The van der Waals surface area contributed by atoms with Gasteiger partial charge in [-0.3, -0.25) is 4.79 Å². The quantitative estimate of drug-likeness (QED) is 0.674. The van der Waals surface area contributed by atoms with Gasteiger partial charge < -0.3 is 14.4 Å². The molecule has 1 fully saturated rings. The molecule has 1 atom stereocenters. The molecule has 2 rings (SSSR count). The molecule has 9 heteroatoms. The van der Waals surface area contributed by atoms with Crippen LogP contribution in [-0.4, -0.2) is 69.9 Å². The van der Waals surface area contributed by atoms with Gasteiger partial charge in [-0.1, -0.05) is 0 Å². The van der Waals surface area contributed by atoms with Crippen molar-refractivity contribution in [2.24, 2.45) is 0 Å². The van der Waals surface area contributed by atoms with Gasteiger partial charge in [0.15, 0.2) is 6.61 Å². The smallest absolute Gasteiger partial charge is 0.338 e. The number of esters is 1. The number of ether oxygens (including phenoxy) is 2. The van der Waals surface area contributed by atoms with Crippen molar-refractivity contribution >= 4 is 21.9 Å². The minimum absolute atomic E-state index is 0.0377. The van der Waals surface area contributed by atoms with E-state index in [1.165, 1.54) is 39.4 Å². The molecule has 27 heavy (non-hydrogen) atoms. The Balaban J connectivity index is 2.13. The molecule has 150 valence electrons. The molecule has 0 bridgehead atoms. The van der Waals surface area contributed by atoms with Gasteiger partial charge >= 0.3 is 5.97 Å². The second-order valence-corrected chi connectivity index (χ2v) is 8.78. The third kappa shape index (κ3) is 4.78. The van der Waals surface area contributed by atoms with E-state index in [0.29, 0.717) is 6.54 Å². The number of carbonyl (C=O) groups is 2. The van der Waals surface area contributed by atoms with Gasteiger partial charge in [0.25, 0.3) is 5.91 Å². The van der Waals surface area contributed by atoms with E-state index in [4.69, 9.17) is 9.47 Å². The predicted octanol–water partition coefficient (Wildman–Crippen LogP) is 1.50. The molecule has 1 saturated heterocycles. The number of rotatable bonds is 6. The maximum Gasteiger partial charge on any atom is 0.338 e. The van der Waals surface area contributed by atoms with Gasteiger partial charge in [-0.2, -0.15) is 0 Å². The third-order valence-electron chi connectivity index (χ3n) is 4.61. The molecule has 1 amide bonds. The van der Waals surface area contributed by atoms with Crippen LogP contribution < -0.4 is 4.74 Å².